The monoisotopic (exact) mass is 257 g/mol. The van der Waals surface area contributed by atoms with E-state index >= 15 is 0 Å². The largest absolute Gasteiger partial charge is 0.395 e. The lowest BCUT2D eigenvalue weighted by atomic mass is 10.1. The van der Waals surface area contributed by atoms with E-state index in [0.717, 1.165) is 51.9 Å². The van der Waals surface area contributed by atoms with Crippen molar-refractivity contribution in [3.8, 4) is 0 Å². The number of aliphatic hydroxyl groups is 1. The van der Waals surface area contributed by atoms with Gasteiger partial charge in [-0.2, -0.15) is 0 Å². The standard InChI is InChI=1S/C13H27N3O2/c1-2-3-5-12(14)13(18)16-7-4-6-15(8-9-16)10-11-17/h12,17H,2-11,14H2,1H3/t12-/m0/s1. The van der Waals surface area contributed by atoms with Gasteiger partial charge in [-0.25, -0.2) is 0 Å². The van der Waals surface area contributed by atoms with E-state index in [1.54, 1.807) is 0 Å². The normalized spacial score (nSPS) is 19.6. The molecule has 0 spiro atoms. The van der Waals surface area contributed by atoms with Crippen LogP contribution in [0.4, 0.5) is 0 Å². The van der Waals surface area contributed by atoms with E-state index in [9.17, 15) is 4.79 Å². The maximum Gasteiger partial charge on any atom is 0.239 e. The van der Waals surface area contributed by atoms with E-state index in [1.165, 1.54) is 0 Å². The average Bonchev–Trinajstić information content (AvgIpc) is 2.61. The first-order valence-electron chi connectivity index (χ1n) is 7.06. The van der Waals surface area contributed by atoms with Crippen LogP contribution in [0.1, 0.15) is 32.6 Å². The summed E-state index contributed by atoms with van der Waals surface area (Å²) < 4.78 is 0. The topological polar surface area (TPSA) is 69.8 Å². The van der Waals surface area contributed by atoms with Crippen LogP contribution in [0, 0.1) is 0 Å². The Balaban J connectivity index is 2.39. The first-order valence-corrected chi connectivity index (χ1v) is 7.06. The Morgan fingerprint density at radius 3 is 2.78 bits per heavy atom. The first-order chi connectivity index (χ1) is 8.69. The van der Waals surface area contributed by atoms with Crippen LogP contribution in [0.2, 0.25) is 0 Å². The number of β-amino-alcohol motifs (C(OH)–C–C–N with tert-alkyl or cyclic N) is 1. The highest BCUT2D eigenvalue weighted by Crippen LogP contribution is 2.07. The van der Waals surface area contributed by atoms with Crippen LogP contribution >= 0.6 is 0 Å². The van der Waals surface area contributed by atoms with Crippen LogP contribution in [0.25, 0.3) is 0 Å². The molecule has 0 bridgehead atoms. The number of carbonyl (C=O) groups is 1. The van der Waals surface area contributed by atoms with Crippen molar-refractivity contribution >= 4 is 5.91 Å². The second kappa shape index (κ2) is 8.45. The molecule has 0 aliphatic carbocycles. The van der Waals surface area contributed by atoms with E-state index in [1.807, 2.05) is 4.90 Å². The van der Waals surface area contributed by atoms with Crippen LogP contribution in [-0.4, -0.2) is 66.2 Å². The molecule has 1 aliphatic rings. The molecule has 0 aromatic rings. The van der Waals surface area contributed by atoms with Crippen molar-refractivity contribution in [1.82, 2.24) is 9.80 Å². The number of aliphatic hydroxyl groups excluding tert-OH is 1. The second-order valence-corrected chi connectivity index (χ2v) is 4.99. The second-order valence-electron chi connectivity index (χ2n) is 4.99. The molecule has 0 saturated carbocycles. The fraction of sp³-hybridized carbons (Fsp3) is 0.923. The molecule has 106 valence electrons. The van der Waals surface area contributed by atoms with Crippen molar-refractivity contribution in [3.63, 3.8) is 0 Å². The molecule has 1 saturated heterocycles. The van der Waals surface area contributed by atoms with Crippen molar-refractivity contribution in [3.05, 3.63) is 0 Å². The number of amides is 1. The number of nitrogens with zero attached hydrogens (tertiary/aromatic N) is 2. The number of unbranched alkanes of at least 4 members (excludes halogenated alkanes) is 1. The predicted molar refractivity (Wildman–Crippen MR) is 72.2 cm³/mol. The Morgan fingerprint density at radius 2 is 2.11 bits per heavy atom. The van der Waals surface area contributed by atoms with Crippen molar-refractivity contribution in [1.29, 1.82) is 0 Å². The lowest BCUT2D eigenvalue weighted by Gasteiger charge is -2.24. The lowest BCUT2D eigenvalue weighted by Crippen LogP contribution is -2.45. The van der Waals surface area contributed by atoms with Gasteiger partial charge in [0.25, 0.3) is 0 Å². The average molecular weight is 257 g/mol. The number of nitrogens with two attached hydrogens (primary N) is 1. The minimum Gasteiger partial charge on any atom is -0.395 e. The van der Waals surface area contributed by atoms with Crippen molar-refractivity contribution < 1.29 is 9.90 Å². The highest BCUT2D eigenvalue weighted by molar-refractivity contribution is 5.81. The third-order valence-corrected chi connectivity index (χ3v) is 3.50. The number of hydrogen-bond acceptors (Lipinski definition) is 4. The van der Waals surface area contributed by atoms with Crippen molar-refractivity contribution in [2.24, 2.45) is 5.73 Å². The summed E-state index contributed by atoms with van der Waals surface area (Å²) in [4.78, 5) is 16.2. The van der Waals surface area contributed by atoms with E-state index < -0.39 is 0 Å². The van der Waals surface area contributed by atoms with Gasteiger partial charge in [0.1, 0.15) is 0 Å². The van der Waals surface area contributed by atoms with Gasteiger partial charge in [-0.3, -0.25) is 9.69 Å². The molecule has 3 N–H and O–H groups in total. The quantitative estimate of drug-likeness (QED) is 0.704. The van der Waals surface area contributed by atoms with E-state index in [-0.39, 0.29) is 18.6 Å². The predicted octanol–water partition coefficient (Wildman–Crippen LogP) is 0.0305. The fourth-order valence-electron chi connectivity index (χ4n) is 2.34. The molecule has 0 unspecified atom stereocenters. The number of rotatable bonds is 6. The van der Waals surface area contributed by atoms with E-state index in [0.29, 0.717) is 6.54 Å². The SMILES string of the molecule is CCCC[C@H](N)C(=O)N1CCCN(CCO)CC1. The van der Waals surface area contributed by atoms with E-state index in [2.05, 4.69) is 11.8 Å². The fourth-order valence-corrected chi connectivity index (χ4v) is 2.34. The number of hydrogen-bond donors (Lipinski definition) is 2. The summed E-state index contributed by atoms with van der Waals surface area (Å²) in [6.45, 7) is 6.31. The highest BCUT2D eigenvalue weighted by atomic mass is 16.3. The van der Waals surface area contributed by atoms with Crippen LogP contribution < -0.4 is 5.73 Å². The molecule has 0 aromatic carbocycles. The minimum atomic E-state index is -0.339. The maximum absolute atomic E-state index is 12.2. The molecule has 1 atom stereocenters. The van der Waals surface area contributed by atoms with Gasteiger partial charge < -0.3 is 15.7 Å². The Hall–Kier alpha value is -0.650. The molecule has 0 aromatic heterocycles. The Morgan fingerprint density at radius 1 is 1.33 bits per heavy atom. The first kappa shape index (κ1) is 15.4. The van der Waals surface area contributed by atoms with Crippen LogP contribution in [0.15, 0.2) is 0 Å². The van der Waals surface area contributed by atoms with Gasteiger partial charge in [0.15, 0.2) is 0 Å². The molecule has 1 fully saturated rings. The molecule has 1 heterocycles. The molecule has 1 aliphatic heterocycles. The minimum absolute atomic E-state index is 0.0919. The molecule has 1 rings (SSSR count). The summed E-state index contributed by atoms with van der Waals surface area (Å²) in [6.07, 6.45) is 3.83. The summed E-state index contributed by atoms with van der Waals surface area (Å²) in [5.41, 5.74) is 5.93. The summed E-state index contributed by atoms with van der Waals surface area (Å²) in [7, 11) is 0. The van der Waals surface area contributed by atoms with E-state index in [4.69, 9.17) is 10.8 Å². The Bertz CT molecular complexity index is 248. The van der Waals surface area contributed by atoms with Gasteiger partial charge in [0.05, 0.1) is 12.6 Å². The summed E-state index contributed by atoms with van der Waals surface area (Å²) in [6, 6.07) is -0.339. The molecule has 5 heteroatoms. The third kappa shape index (κ3) is 4.92. The molecule has 18 heavy (non-hydrogen) atoms. The third-order valence-electron chi connectivity index (χ3n) is 3.50. The molecule has 5 nitrogen and oxygen atoms in total. The van der Waals surface area contributed by atoms with Gasteiger partial charge in [0, 0.05) is 26.2 Å². The lowest BCUT2D eigenvalue weighted by molar-refractivity contribution is -0.132. The zero-order valence-corrected chi connectivity index (χ0v) is 11.5. The molecule has 0 radical (unpaired) electrons. The van der Waals surface area contributed by atoms with Crippen LogP contribution in [-0.2, 0) is 4.79 Å². The summed E-state index contributed by atoms with van der Waals surface area (Å²) in [5.74, 6) is 0.0919. The van der Waals surface area contributed by atoms with Gasteiger partial charge >= 0.3 is 0 Å². The van der Waals surface area contributed by atoms with Crippen molar-refractivity contribution in [2.75, 3.05) is 39.3 Å². The zero-order valence-electron chi connectivity index (χ0n) is 11.5. The molecular weight excluding hydrogens is 230 g/mol. The van der Waals surface area contributed by atoms with Gasteiger partial charge in [-0.05, 0) is 19.4 Å². The summed E-state index contributed by atoms with van der Waals surface area (Å²) in [5, 5.41) is 8.93. The summed E-state index contributed by atoms with van der Waals surface area (Å²) >= 11 is 0. The highest BCUT2D eigenvalue weighted by Gasteiger charge is 2.22. The number of carbonyl (C=O) groups excluding carboxylic acids is 1. The van der Waals surface area contributed by atoms with Gasteiger partial charge in [0.2, 0.25) is 5.91 Å². The smallest absolute Gasteiger partial charge is 0.239 e. The van der Waals surface area contributed by atoms with Crippen LogP contribution in [0.3, 0.4) is 0 Å². The Labute approximate surface area is 110 Å². The van der Waals surface area contributed by atoms with Gasteiger partial charge in [-0.1, -0.05) is 19.8 Å². The van der Waals surface area contributed by atoms with Gasteiger partial charge in [-0.15, -0.1) is 0 Å². The molecular formula is C13H27N3O2. The van der Waals surface area contributed by atoms with Crippen LogP contribution in [0.5, 0.6) is 0 Å². The van der Waals surface area contributed by atoms with Crippen molar-refractivity contribution in [2.45, 2.75) is 38.6 Å². The maximum atomic E-state index is 12.2. The zero-order chi connectivity index (χ0) is 13.4. The molecule has 1 amide bonds. The Kier molecular flexibility index (Phi) is 7.23.